The summed E-state index contributed by atoms with van der Waals surface area (Å²) in [6.45, 7) is 5.40. The second-order valence-corrected chi connectivity index (χ2v) is 22.8. The van der Waals surface area contributed by atoms with Crippen molar-refractivity contribution in [2.75, 3.05) is 0 Å². The zero-order valence-electron chi connectivity index (χ0n) is 23.2. The van der Waals surface area contributed by atoms with Crippen LogP contribution in [0.4, 0.5) is 0 Å². The van der Waals surface area contributed by atoms with Crippen LogP contribution in [0.5, 0.6) is 0 Å². The molecule has 0 spiro atoms. The molecule has 3 nitrogen and oxygen atoms in total. The molecule has 4 aliphatic carbocycles. The quantitative estimate of drug-likeness (QED) is 0.231. The van der Waals surface area contributed by atoms with Crippen LogP contribution in [0.2, 0.25) is 36.3 Å². The first-order chi connectivity index (χ1) is 16.9. The van der Waals surface area contributed by atoms with Crippen molar-refractivity contribution in [1.82, 2.24) is 0 Å². The minimum Gasteiger partial charge on any atom is -0.455 e. The fraction of sp³-hybridized carbons (Fsp3) is 1.00. The maximum absolute atomic E-state index is 10.3. The fourth-order valence-corrected chi connectivity index (χ4v) is 21.3. The van der Waals surface area contributed by atoms with E-state index in [1.165, 1.54) is 121 Å². The monoisotopic (exact) mass is 520 g/mol. The molecular weight excluding hydrogens is 464 g/mol. The number of rotatable bonds is 10. The number of aliphatic hydroxyl groups is 1. The van der Waals surface area contributed by atoms with Gasteiger partial charge < -0.3 is 14.0 Å². The third-order valence-corrected chi connectivity index (χ3v) is 22.3. The van der Waals surface area contributed by atoms with E-state index in [0.29, 0.717) is 12.2 Å². The van der Waals surface area contributed by atoms with Gasteiger partial charge in [-0.05, 0) is 80.2 Å². The Morgan fingerprint density at radius 3 is 1.74 bits per heavy atom. The number of fused-ring (bicyclic) bond motifs is 1. The summed E-state index contributed by atoms with van der Waals surface area (Å²) in [5.41, 5.74) is 1.78. The number of aliphatic hydroxyl groups excluding tert-OH is 1. The molecule has 5 rings (SSSR count). The molecule has 0 bridgehead atoms. The number of epoxide rings is 1. The topological polar surface area (TPSA) is 42.0 Å². The highest BCUT2D eigenvalue weighted by atomic mass is 28.4. The van der Waals surface area contributed by atoms with Crippen LogP contribution in [0.25, 0.3) is 0 Å². The van der Waals surface area contributed by atoms with Crippen LogP contribution in [-0.2, 0) is 8.85 Å². The molecule has 4 saturated carbocycles. The van der Waals surface area contributed by atoms with Gasteiger partial charge in [0.25, 0.3) is 0 Å². The van der Waals surface area contributed by atoms with Crippen molar-refractivity contribution < 1.29 is 14.0 Å². The summed E-state index contributed by atoms with van der Waals surface area (Å²) >= 11 is 0. The lowest BCUT2D eigenvalue weighted by Crippen LogP contribution is -2.54. The normalized spacial score (nSPS) is 38.3. The molecule has 0 amide bonds. The van der Waals surface area contributed by atoms with Gasteiger partial charge in [-0.3, -0.25) is 0 Å². The van der Waals surface area contributed by atoms with E-state index in [4.69, 9.17) is 8.85 Å². The molecule has 0 aromatic carbocycles. The smallest absolute Gasteiger partial charge is 0.179 e. The first-order valence-electron chi connectivity index (χ1n) is 16.0. The molecule has 0 radical (unpaired) electrons. The van der Waals surface area contributed by atoms with E-state index < -0.39 is 16.6 Å². The maximum atomic E-state index is 10.3. The molecule has 35 heavy (non-hydrogen) atoms. The van der Waals surface area contributed by atoms with Gasteiger partial charge in [-0.2, -0.15) is 0 Å². The molecule has 6 unspecified atom stereocenters. The van der Waals surface area contributed by atoms with Crippen molar-refractivity contribution in [2.24, 2.45) is 11.8 Å². The Kier molecular flexibility index (Phi) is 9.23. The highest BCUT2D eigenvalue weighted by Gasteiger charge is 2.49. The Bertz CT molecular complexity index is 628. The lowest BCUT2D eigenvalue weighted by Gasteiger charge is -2.49. The predicted octanol–water partition coefficient (Wildman–Crippen LogP) is 8.72. The first kappa shape index (κ1) is 26.9. The predicted molar refractivity (Wildman–Crippen MR) is 151 cm³/mol. The van der Waals surface area contributed by atoms with Gasteiger partial charge in [0.1, 0.15) is 0 Å². The summed E-state index contributed by atoms with van der Waals surface area (Å²) in [6, 6.07) is 2.78. The Hall–Kier alpha value is 0.314. The van der Waals surface area contributed by atoms with Crippen LogP contribution in [0.3, 0.4) is 0 Å². The van der Waals surface area contributed by atoms with E-state index in [9.17, 15) is 5.11 Å². The van der Waals surface area contributed by atoms with Gasteiger partial charge in [-0.15, -0.1) is 0 Å². The Morgan fingerprint density at radius 2 is 1.20 bits per heavy atom. The van der Waals surface area contributed by atoms with Crippen LogP contribution in [0, 0.1) is 11.8 Å². The van der Waals surface area contributed by atoms with E-state index >= 15 is 0 Å². The van der Waals surface area contributed by atoms with E-state index in [2.05, 4.69) is 13.1 Å². The molecule has 0 aromatic rings. The van der Waals surface area contributed by atoms with Crippen molar-refractivity contribution in [3.63, 3.8) is 0 Å². The summed E-state index contributed by atoms with van der Waals surface area (Å²) in [5, 5.41) is 10.3. The van der Waals surface area contributed by atoms with Crippen molar-refractivity contribution in [3.8, 4) is 0 Å². The third kappa shape index (κ3) is 7.05. The molecule has 1 heterocycles. The SMILES string of the molecule is C[Si](CCC1CCC2OC2C1)(O[Si](C)(CCC1CCC[C@@H](O)C1)C1CCCCC1)C1CCCCC1. The molecule has 1 aliphatic heterocycles. The van der Waals surface area contributed by atoms with E-state index in [1.54, 1.807) is 0 Å². The van der Waals surface area contributed by atoms with Gasteiger partial charge in [0.05, 0.1) is 18.3 Å². The Labute approximate surface area is 218 Å². The molecule has 1 saturated heterocycles. The van der Waals surface area contributed by atoms with Crippen LogP contribution in [-0.4, -0.2) is 40.1 Å². The van der Waals surface area contributed by atoms with Crippen molar-refractivity contribution in [1.29, 1.82) is 0 Å². The molecule has 7 atom stereocenters. The molecule has 0 aromatic heterocycles. The molecular formula is C30H56O3Si2. The number of hydrogen-bond donors (Lipinski definition) is 1. The van der Waals surface area contributed by atoms with Crippen LogP contribution >= 0.6 is 0 Å². The lowest BCUT2D eigenvalue weighted by atomic mass is 9.86. The van der Waals surface area contributed by atoms with Gasteiger partial charge in [0.2, 0.25) is 0 Å². The average Bonchev–Trinajstić information content (AvgIpc) is 3.67. The van der Waals surface area contributed by atoms with Crippen molar-refractivity contribution >= 4 is 16.6 Å². The van der Waals surface area contributed by atoms with E-state index in [0.717, 1.165) is 35.8 Å². The fourth-order valence-electron chi connectivity index (χ4n) is 8.89. The van der Waals surface area contributed by atoms with E-state index in [1.807, 2.05) is 0 Å². The highest BCUT2D eigenvalue weighted by molar-refractivity contribution is 6.87. The van der Waals surface area contributed by atoms with Gasteiger partial charge in [-0.25, -0.2) is 0 Å². The minimum absolute atomic E-state index is 0.0373. The highest BCUT2D eigenvalue weighted by Crippen LogP contribution is 2.49. The third-order valence-electron chi connectivity index (χ3n) is 11.4. The van der Waals surface area contributed by atoms with Gasteiger partial charge >= 0.3 is 0 Å². The summed E-state index contributed by atoms with van der Waals surface area (Å²) in [4.78, 5) is 0. The number of ether oxygens (including phenoxy) is 1. The maximum Gasteiger partial charge on any atom is 0.179 e. The van der Waals surface area contributed by atoms with E-state index in [-0.39, 0.29) is 6.10 Å². The van der Waals surface area contributed by atoms with Crippen molar-refractivity contribution in [3.05, 3.63) is 0 Å². The summed E-state index contributed by atoms with van der Waals surface area (Å²) in [6.07, 6.45) is 27.1. The zero-order chi connectivity index (χ0) is 24.3. The van der Waals surface area contributed by atoms with Gasteiger partial charge in [0, 0.05) is 0 Å². The van der Waals surface area contributed by atoms with Crippen LogP contribution < -0.4 is 0 Å². The molecule has 5 aliphatic rings. The largest absolute Gasteiger partial charge is 0.455 e. The standard InChI is InChI=1S/C30H56O3Si2/c1-34(27-12-5-3-6-13-27,20-18-24-10-9-11-26(31)22-24)33-35(2,28-14-7-4-8-15-28)21-19-25-16-17-29-30(23-25)32-29/h24-31H,3-23H2,1-2H3/t24?,25?,26-,29?,30?,34?,35?/m1/s1. The second-order valence-electron chi connectivity index (χ2n) is 14.1. The van der Waals surface area contributed by atoms with Gasteiger partial charge in [0.15, 0.2) is 16.6 Å². The average molecular weight is 521 g/mol. The van der Waals surface area contributed by atoms with Gasteiger partial charge in [-0.1, -0.05) is 89.9 Å². The molecule has 5 fully saturated rings. The number of hydrogen-bond acceptors (Lipinski definition) is 3. The Balaban J connectivity index is 1.29. The summed E-state index contributed by atoms with van der Waals surface area (Å²) < 4.78 is 13.8. The lowest BCUT2D eigenvalue weighted by molar-refractivity contribution is 0.0994. The molecule has 202 valence electrons. The first-order valence-corrected chi connectivity index (χ1v) is 21.4. The summed E-state index contributed by atoms with van der Waals surface area (Å²) in [7, 11) is -3.60. The minimum atomic E-state index is -1.81. The van der Waals surface area contributed by atoms with Crippen LogP contribution in [0.1, 0.15) is 122 Å². The van der Waals surface area contributed by atoms with Crippen molar-refractivity contribution in [2.45, 2.75) is 177 Å². The molecule has 1 N–H and O–H groups in total. The second kappa shape index (κ2) is 12.0. The Morgan fingerprint density at radius 1 is 0.629 bits per heavy atom. The van der Waals surface area contributed by atoms with Crippen LogP contribution in [0.15, 0.2) is 0 Å². The zero-order valence-corrected chi connectivity index (χ0v) is 25.2. The summed E-state index contributed by atoms with van der Waals surface area (Å²) in [5.74, 6) is 1.64. The molecule has 5 heteroatoms.